The van der Waals surface area contributed by atoms with Crippen molar-refractivity contribution in [1.82, 2.24) is 0 Å². The highest BCUT2D eigenvalue weighted by Gasteiger charge is 2.26. The molecule has 0 aliphatic heterocycles. The summed E-state index contributed by atoms with van der Waals surface area (Å²) in [6, 6.07) is 0. The molecule has 1 rings (SSSR count). The van der Waals surface area contributed by atoms with Crippen molar-refractivity contribution in [3.8, 4) is 0 Å². The van der Waals surface area contributed by atoms with Crippen LogP contribution in [0.2, 0.25) is 0 Å². The summed E-state index contributed by atoms with van der Waals surface area (Å²) in [7, 11) is 0. The average molecular weight is 201 g/mol. The molecule has 0 radical (unpaired) electrons. The van der Waals surface area contributed by atoms with Crippen molar-refractivity contribution in [3.05, 3.63) is 0 Å². The quantitative estimate of drug-likeness (QED) is 0.511. The van der Waals surface area contributed by atoms with E-state index in [9.17, 15) is 4.55 Å². The van der Waals surface area contributed by atoms with E-state index in [0.717, 1.165) is 12.3 Å². The Morgan fingerprint density at radius 3 is 2.46 bits per heavy atom. The Labute approximate surface area is 84.1 Å². The van der Waals surface area contributed by atoms with Gasteiger partial charge in [0.2, 0.25) is 0 Å². The highest BCUT2D eigenvalue weighted by molar-refractivity contribution is 7.91. The summed E-state index contributed by atoms with van der Waals surface area (Å²) in [4.78, 5) is 0. The van der Waals surface area contributed by atoms with Crippen LogP contribution in [0, 0.1) is 5.92 Å². The number of nitrogens with zero attached hydrogens (tertiary/aromatic N) is 1. The van der Waals surface area contributed by atoms with Crippen LogP contribution < -0.4 is 0 Å². The van der Waals surface area contributed by atoms with E-state index >= 15 is 0 Å². The molecule has 0 heterocycles. The van der Waals surface area contributed by atoms with Crippen molar-refractivity contribution >= 4 is 17.6 Å². The molecule has 13 heavy (non-hydrogen) atoms. The molecule has 3 heteroatoms. The molecule has 0 spiro atoms. The Morgan fingerprint density at radius 1 is 1.46 bits per heavy atom. The molecule has 1 aliphatic carbocycles. The molecule has 1 saturated carbocycles. The molecule has 0 saturated heterocycles. The van der Waals surface area contributed by atoms with E-state index in [1.54, 1.807) is 0 Å². The zero-order chi connectivity index (χ0) is 9.90. The zero-order valence-corrected chi connectivity index (χ0v) is 9.56. The van der Waals surface area contributed by atoms with Gasteiger partial charge < -0.3 is 4.55 Å². The predicted molar refractivity (Wildman–Crippen MR) is 58.3 cm³/mol. The third-order valence-electron chi connectivity index (χ3n) is 2.36. The van der Waals surface area contributed by atoms with Crippen LogP contribution in [-0.2, 0) is 11.4 Å². The minimum absolute atomic E-state index is 0.212. The van der Waals surface area contributed by atoms with E-state index in [-0.39, 0.29) is 4.75 Å². The van der Waals surface area contributed by atoms with Crippen molar-refractivity contribution in [2.45, 2.75) is 51.2 Å². The molecule has 0 amide bonds. The van der Waals surface area contributed by atoms with Crippen LogP contribution in [0.5, 0.6) is 0 Å². The van der Waals surface area contributed by atoms with Gasteiger partial charge in [0.1, 0.15) is 16.1 Å². The summed E-state index contributed by atoms with van der Waals surface area (Å²) in [6.45, 7) is 5.84. The fourth-order valence-corrected chi connectivity index (χ4v) is 1.68. The third kappa shape index (κ3) is 3.69. The van der Waals surface area contributed by atoms with E-state index in [0.29, 0.717) is 0 Å². The highest BCUT2D eigenvalue weighted by atomic mass is 32.2. The summed E-state index contributed by atoms with van der Waals surface area (Å²) in [6.07, 6.45) is 6.89. The number of hydrogen-bond acceptors (Lipinski definition) is 2. The second-order valence-corrected chi connectivity index (χ2v) is 6.62. The van der Waals surface area contributed by atoms with Gasteiger partial charge in [-0.2, -0.15) is 0 Å². The molecular formula is C10H19NOS. The second kappa shape index (κ2) is 4.47. The van der Waals surface area contributed by atoms with Gasteiger partial charge in [0, 0.05) is 0 Å². The van der Waals surface area contributed by atoms with E-state index in [4.69, 9.17) is 0 Å². The maximum absolute atomic E-state index is 11.5. The molecule has 0 aromatic carbocycles. The van der Waals surface area contributed by atoms with E-state index in [1.807, 2.05) is 27.0 Å². The van der Waals surface area contributed by atoms with Crippen LogP contribution in [0.1, 0.15) is 46.5 Å². The normalized spacial score (nSPS) is 21.8. The van der Waals surface area contributed by atoms with Crippen LogP contribution in [0.25, 0.3) is 0 Å². The summed E-state index contributed by atoms with van der Waals surface area (Å²) in [5.41, 5.74) is 0. The van der Waals surface area contributed by atoms with E-state index in [2.05, 4.69) is 4.40 Å². The van der Waals surface area contributed by atoms with Crippen molar-refractivity contribution in [2.75, 3.05) is 0 Å². The standard InChI is InChI=1S/C10H19NOS/c1-10(2,3)13(12)11-8-7-9-5-4-6-9/h8-9H,4-7H2,1-3H3/b11-8+/t13-/m0/s1. The molecular weight excluding hydrogens is 182 g/mol. The van der Waals surface area contributed by atoms with E-state index in [1.165, 1.54) is 19.3 Å². The molecule has 0 unspecified atom stereocenters. The largest absolute Gasteiger partial charge is 0.591 e. The molecule has 0 aromatic heterocycles. The van der Waals surface area contributed by atoms with Gasteiger partial charge in [0.15, 0.2) is 0 Å². The first-order valence-electron chi connectivity index (χ1n) is 4.94. The Hall–Kier alpha value is -0.0200. The topological polar surface area (TPSA) is 35.4 Å². The second-order valence-electron chi connectivity index (χ2n) is 4.68. The van der Waals surface area contributed by atoms with Gasteiger partial charge in [-0.1, -0.05) is 23.7 Å². The lowest BCUT2D eigenvalue weighted by molar-refractivity contribution is 0.329. The highest BCUT2D eigenvalue weighted by Crippen LogP contribution is 2.28. The van der Waals surface area contributed by atoms with Gasteiger partial charge in [-0.05, 0) is 33.1 Å². The fourth-order valence-electron chi connectivity index (χ4n) is 1.15. The molecule has 2 nitrogen and oxygen atoms in total. The Bertz CT molecular complexity index is 182. The average Bonchev–Trinajstić information content (AvgIpc) is 1.91. The molecule has 1 fully saturated rings. The Morgan fingerprint density at radius 2 is 2.08 bits per heavy atom. The van der Waals surface area contributed by atoms with Crippen molar-refractivity contribution < 1.29 is 4.55 Å². The first-order valence-corrected chi connectivity index (χ1v) is 6.05. The van der Waals surface area contributed by atoms with Crippen molar-refractivity contribution in [2.24, 2.45) is 10.3 Å². The van der Waals surface area contributed by atoms with Crippen LogP contribution in [0.3, 0.4) is 0 Å². The number of rotatable bonds is 3. The molecule has 0 N–H and O–H groups in total. The summed E-state index contributed by atoms with van der Waals surface area (Å²) >= 11 is -1.06. The molecule has 76 valence electrons. The zero-order valence-electron chi connectivity index (χ0n) is 8.75. The smallest absolute Gasteiger partial charge is 0.144 e. The van der Waals surface area contributed by atoms with Gasteiger partial charge in [0.25, 0.3) is 0 Å². The maximum atomic E-state index is 11.5. The molecule has 1 atom stereocenters. The van der Waals surface area contributed by atoms with Crippen LogP contribution in [0.4, 0.5) is 0 Å². The van der Waals surface area contributed by atoms with Crippen LogP contribution in [-0.4, -0.2) is 15.5 Å². The Balaban J connectivity index is 2.22. The van der Waals surface area contributed by atoms with E-state index < -0.39 is 11.4 Å². The maximum Gasteiger partial charge on any atom is 0.144 e. The fraction of sp³-hybridized carbons (Fsp3) is 0.900. The molecule has 0 bridgehead atoms. The lowest BCUT2D eigenvalue weighted by atomic mass is 9.83. The summed E-state index contributed by atoms with van der Waals surface area (Å²) in [5, 5.41) is 0. The monoisotopic (exact) mass is 201 g/mol. The first-order chi connectivity index (χ1) is 6.00. The number of hydrogen-bond donors (Lipinski definition) is 0. The van der Waals surface area contributed by atoms with Gasteiger partial charge >= 0.3 is 0 Å². The summed E-state index contributed by atoms with van der Waals surface area (Å²) < 4.78 is 15.3. The van der Waals surface area contributed by atoms with Gasteiger partial charge in [0.05, 0.1) is 6.21 Å². The van der Waals surface area contributed by atoms with Gasteiger partial charge in [-0.25, -0.2) is 0 Å². The van der Waals surface area contributed by atoms with Gasteiger partial charge in [-0.15, -0.1) is 0 Å². The lowest BCUT2D eigenvalue weighted by Crippen LogP contribution is -2.26. The SMILES string of the molecule is CC(C)(C)[S@+]([O-])/N=C/CC1CCC1. The Kier molecular flexibility index (Phi) is 3.80. The predicted octanol–water partition coefficient (Wildman–Crippen LogP) is 2.71. The van der Waals surface area contributed by atoms with Crippen molar-refractivity contribution in [3.63, 3.8) is 0 Å². The van der Waals surface area contributed by atoms with Crippen LogP contribution >= 0.6 is 0 Å². The van der Waals surface area contributed by atoms with Crippen LogP contribution in [0.15, 0.2) is 4.40 Å². The summed E-state index contributed by atoms with van der Waals surface area (Å²) in [5.74, 6) is 0.820. The van der Waals surface area contributed by atoms with Gasteiger partial charge in [-0.3, -0.25) is 0 Å². The van der Waals surface area contributed by atoms with Crippen molar-refractivity contribution in [1.29, 1.82) is 0 Å². The molecule has 0 aromatic rings. The third-order valence-corrected chi connectivity index (χ3v) is 3.75. The lowest BCUT2D eigenvalue weighted by Gasteiger charge is -2.23. The molecule has 1 aliphatic rings. The minimum atomic E-state index is -1.06. The minimum Gasteiger partial charge on any atom is -0.591 e. The first kappa shape index (κ1) is 11.1.